The Morgan fingerprint density at radius 2 is 1.12 bits per heavy atom. The number of rotatable bonds is 1. The summed E-state index contributed by atoms with van der Waals surface area (Å²) in [5.74, 6) is 0. The van der Waals surface area contributed by atoms with Gasteiger partial charge in [0.2, 0.25) is 0 Å². The van der Waals surface area contributed by atoms with Crippen molar-refractivity contribution in [3.63, 3.8) is 0 Å². The molecule has 0 aliphatic heterocycles. The second kappa shape index (κ2) is 3.53. The van der Waals surface area contributed by atoms with Gasteiger partial charge < -0.3 is 0 Å². The molecule has 0 bridgehead atoms. The van der Waals surface area contributed by atoms with E-state index in [9.17, 15) is 26.3 Å². The molecule has 1 aliphatic carbocycles. The first kappa shape index (κ1) is 13.6. The maximum Gasteiger partial charge on any atom is 0.403 e. The van der Waals surface area contributed by atoms with Gasteiger partial charge in [-0.25, -0.2) is 0 Å². The average molecular weight is 248 g/mol. The molecule has 0 aromatic rings. The summed E-state index contributed by atoms with van der Waals surface area (Å²) in [5, 5.41) is 0. The van der Waals surface area contributed by atoms with Gasteiger partial charge in [0.25, 0.3) is 0 Å². The Bertz CT molecular complexity index is 241. The van der Waals surface area contributed by atoms with Crippen LogP contribution >= 0.6 is 0 Å². The number of hydrogen-bond donors (Lipinski definition) is 0. The van der Waals surface area contributed by atoms with Crippen LogP contribution < -0.4 is 0 Å². The van der Waals surface area contributed by atoms with E-state index < -0.39 is 23.2 Å². The van der Waals surface area contributed by atoms with Gasteiger partial charge in [-0.1, -0.05) is 19.8 Å². The van der Waals surface area contributed by atoms with Crippen molar-refractivity contribution in [3.8, 4) is 0 Å². The summed E-state index contributed by atoms with van der Waals surface area (Å²) in [7, 11) is 0. The lowest BCUT2D eigenvalue weighted by molar-refractivity contribution is -0.368. The first-order chi connectivity index (χ1) is 6.96. The van der Waals surface area contributed by atoms with Crippen molar-refractivity contribution in [3.05, 3.63) is 0 Å². The van der Waals surface area contributed by atoms with Crippen molar-refractivity contribution in [1.82, 2.24) is 0 Å². The Balaban J connectivity index is 3.26. The van der Waals surface area contributed by atoms with Crippen molar-refractivity contribution in [1.29, 1.82) is 0 Å². The quantitative estimate of drug-likeness (QED) is 0.590. The van der Waals surface area contributed by atoms with Gasteiger partial charge in [-0.2, -0.15) is 26.3 Å². The van der Waals surface area contributed by atoms with Crippen LogP contribution in [0.15, 0.2) is 0 Å². The standard InChI is InChI=1S/C10H14F6/c1-7(5-3-4-6-7)8(2,9(11,12)13)10(14,15)16/h3-6H2,1-2H3. The molecule has 0 saturated heterocycles. The zero-order chi connectivity index (χ0) is 12.8. The largest absolute Gasteiger partial charge is 0.403 e. The molecule has 1 saturated carbocycles. The van der Waals surface area contributed by atoms with E-state index in [1.54, 1.807) is 0 Å². The Morgan fingerprint density at radius 1 is 0.812 bits per heavy atom. The maximum atomic E-state index is 12.8. The predicted molar refractivity (Wildman–Crippen MR) is 46.8 cm³/mol. The highest BCUT2D eigenvalue weighted by Gasteiger charge is 2.74. The van der Waals surface area contributed by atoms with Crippen LogP contribution in [0.2, 0.25) is 0 Å². The summed E-state index contributed by atoms with van der Waals surface area (Å²) in [6.07, 6.45) is -9.71. The van der Waals surface area contributed by atoms with E-state index in [0.29, 0.717) is 19.8 Å². The van der Waals surface area contributed by atoms with Crippen LogP contribution in [0.5, 0.6) is 0 Å². The van der Waals surface area contributed by atoms with Crippen LogP contribution in [-0.4, -0.2) is 12.4 Å². The fraction of sp³-hybridized carbons (Fsp3) is 1.00. The van der Waals surface area contributed by atoms with Crippen LogP contribution in [0.25, 0.3) is 0 Å². The Labute approximate surface area is 90.0 Å². The molecule has 0 amide bonds. The third-order valence-electron chi connectivity index (χ3n) is 4.05. The van der Waals surface area contributed by atoms with Gasteiger partial charge in [-0.3, -0.25) is 0 Å². The molecular weight excluding hydrogens is 234 g/mol. The fourth-order valence-electron chi connectivity index (χ4n) is 2.50. The zero-order valence-electron chi connectivity index (χ0n) is 9.10. The molecule has 0 radical (unpaired) electrons. The second-order valence-corrected chi connectivity index (χ2v) is 4.89. The maximum absolute atomic E-state index is 12.8. The minimum absolute atomic E-state index is 0.0253. The molecule has 6 heteroatoms. The van der Waals surface area contributed by atoms with E-state index in [4.69, 9.17) is 0 Å². The van der Waals surface area contributed by atoms with Crippen LogP contribution in [-0.2, 0) is 0 Å². The molecule has 0 heterocycles. The van der Waals surface area contributed by atoms with Gasteiger partial charge in [0, 0.05) is 0 Å². The lowest BCUT2D eigenvalue weighted by Crippen LogP contribution is -2.57. The van der Waals surface area contributed by atoms with E-state index >= 15 is 0 Å². The van der Waals surface area contributed by atoms with Crippen molar-refractivity contribution >= 4 is 0 Å². The molecule has 96 valence electrons. The molecule has 1 aliphatic rings. The first-order valence-corrected chi connectivity index (χ1v) is 5.09. The normalized spacial score (nSPS) is 22.5. The van der Waals surface area contributed by atoms with E-state index in [2.05, 4.69) is 0 Å². The highest BCUT2D eigenvalue weighted by atomic mass is 19.4. The minimum Gasteiger partial charge on any atom is -0.170 e. The SMILES string of the molecule is CC1(C(C)(C(F)(F)F)C(F)(F)F)CCCC1. The average Bonchev–Trinajstić information content (AvgIpc) is 2.47. The van der Waals surface area contributed by atoms with E-state index in [-0.39, 0.29) is 12.8 Å². The first-order valence-electron chi connectivity index (χ1n) is 5.09. The van der Waals surface area contributed by atoms with Crippen molar-refractivity contribution in [2.75, 3.05) is 0 Å². The fourth-order valence-corrected chi connectivity index (χ4v) is 2.50. The van der Waals surface area contributed by atoms with Crippen molar-refractivity contribution in [2.45, 2.75) is 51.9 Å². The molecule has 1 rings (SSSR count). The molecule has 16 heavy (non-hydrogen) atoms. The summed E-state index contributed by atoms with van der Waals surface area (Å²) in [5.41, 5.74) is -5.34. The van der Waals surface area contributed by atoms with Crippen LogP contribution in [0.1, 0.15) is 39.5 Å². The predicted octanol–water partition coefficient (Wildman–Crippen LogP) is 4.70. The van der Waals surface area contributed by atoms with Gasteiger partial charge in [0.1, 0.15) is 0 Å². The second-order valence-electron chi connectivity index (χ2n) is 4.89. The summed E-state index contributed by atoms with van der Waals surface area (Å²) in [6.45, 7) is 1.39. The molecule has 0 aromatic carbocycles. The highest BCUT2D eigenvalue weighted by molar-refractivity contribution is 5.03. The number of hydrogen-bond acceptors (Lipinski definition) is 0. The van der Waals surface area contributed by atoms with Crippen molar-refractivity contribution < 1.29 is 26.3 Å². The molecule has 0 atom stereocenters. The Hall–Kier alpha value is -0.420. The van der Waals surface area contributed by atoms with Gasteiger partial charge in [0.05, 0.1) is 0 Å². The molecule has 1 fully saturated rings. The van der Waals surface area contributed by atoms with Gasteiger partial charge in [-0.05, 0) is 25.2 Å². The molecule has 0 N–H and O–H groups in total. The van der Waals surface area contributed by atoms with Crippen LogP contribution in [0.3, 0.4) is 0 Å². The van der Waals surface area contributed by atoms with Gasteiger partial charge in [0.15, 0.2) is 5.41 Å². The lowest BCUT2D eigenvalue weighted by Gasteiger charge is -2.46. The summed E-state index contributed by atoms with van der Waals surface area (Å²) in [4.78, 5) is 0. The lowest BCUT2D eigenvalue weighted by atomic mass is 9.63. The van der Waals surface area contributed by atoms with Gasteiger partial charge >= 0.3 is 12.4 Å². The van der Waals surface area contributed by atoms with E-state index in [1.165, 1.54) is 0 Å². The van der Waals surface area contributed by atoms with Crippen LogP contribution in [0, 0.1) is 10.8 Å². The third-order valence-corrected chi connectivity index (χ3v) is 4.05. The molecule has 0 aromatic heterocycles. The zero-order valence-corrected chi connectivity index (χ0v) is 9.10. The molecule has 0 spiro atoms. The number of alkyl halides is 6. The summed E-state index contributed by atoms with van der Waals surface area (Å²) < 4.78 is 76.7. The van der Waals surface area contributed by atoms with E-state index in [0.717, 1.165) is 6.92 Å². The highest BCUT2D eigenvalue weighted by Crippen LogP contribution is 2.64. The Kier molecular flexibility index (Phi) is 3.01. The minimum atomic E-state index is -5.26. The van der Waals surface area contributed by atoms with Crippen molar-refractivity contribution in [2.24, 2.45) is 10.8 Å². The van der Waals surface area contributed by atoms with E-state index in [1.807, 2.05) is 0 Å². The number of halogens is 6. The molecular formula is C10H14F6. The third kappa shape index (κ3) is 1.70. The Morgan fingerprint density at radius 3 is 1.38 bits per heavy atom. The summed E-state index contributed by atoms with van der Waals surface area (Å²) in [6, 6.07) is 0. The van der Waals surface area contributed by atoms with Crippen LogP contribution in [0.4, 0.5) is 26.3 Å². The smallest absolute Gasteiger partial charge is 0.170 e. The molecule has 0 nitrogen and oxygen atoms in total. The monoisotopic (exact) mass is 248 g/mol. The summed E-state index contributed by atoms with van der Waals surface area (Å²) >= 11 is 0. The van der Waals surface area contributed by atoms with Gasteiger partial charge in [-0.15, -0.1) is 0 Å². The molecule has 0 unspecified atom stereocenters. The topological polar surface area (TPSA) is 0 Å².